The van der Waals surface area contributed by atoms with Gasteiger partial charge in [-0.25, -0.2) is 4.39 Å². The minimum Gasteiger partial charge on any atom is -0.353 e. The van der Waals surface area contributed by atoms with Crippen molar-refractivity contribution in [1.29, 1.82) is 0 Å². The van der Waals surface area contributed by atoms with Crippen LogP contribution in [0.5, 0.6) is 0 Å². The molecule has 0 aliphatic carbocycles. The Labute approximate surface area is 138 Å². The number of benzene rings is 1. The molecular weight excluding hydrogens is 295 g/mol. The number of carbonyl (C=O) groups is 1. The van der Waals surface area contributed by atoms with Crippen molar-refractivity contribution in [3.05, 3.63) is 35.6 Å². The van der Waals surface area contributed by atoms with Crippen LogP contribution in [0.4, 0.5) is 4.39 Å². The Morgan fingerprint density at radius 1 is 1.35 bits per heavy atom. The van der Waals surface area contributed by atoms with Crippen LogP contribution in [0.2, 0.25) is 0 Å². The van der Waals surface area contributed by atoms with E-state index < -0.39 is 0 Å². The van der Waals surface area contributed by atoms with Gasteiger partial charge in [0.05, 0.1) is 6.54 Å². The van der Waals surface area contributed by atoms with Gasteiger partial charge in [0, 0.05) is 44.3 Å². The van der Waals surface area contributed by atoms with Gasteiger partial charge >= 0.3 is 0 Å². The second-order valence-corrected chi connectivity index (χ2v) is 6.46. The maximum atomic E-state index is 13.6. The first-order valence-corrected chi connectivity index (χ1v) is 8.03. The molecule has 1 amide bonds. The van der Waals surface area contributed by atoms with E-state index in [9.17, 15) is 9.18 Å². The average molecular weight is 322 g/mol. The van der Waals surface area contributed by atoms with Crippen LogP contribution in [0.15, 0.2) is 24.3 Å². The van der Waals surface area contributed by atoms with E-state index in [1.54, 1.807) is 12.1 Å². The van der Waals surface area contributed by atoms with E-state index in [0.717, 1.165) is 19.6 Å². The van der Waals surface area contributed by atoms with Gasteiger partial charge in [0.15, 0.2) is 0 Å². The van der Waals surface area contributed by atoms with E-state index in [1.807, 2.05) is 18.0 Å². The molecule has 0 aromatic heterocycles. The Morgan fingerprint density at radius 3 is 2.83 bits per heavy atom. The summed E-state index contributed by atoms with van der Waals surface area (Å²) in [5, 5.41) is 2.99. The van der Waals surface area contributed by atoms with Crippen LogP contribution in [0.3, 0.4) is 0 Å². The van der Waals surface area contributed by atoms with Gasteiger partial charge in [0.1, 0.15) is 5.82 Å². The predicted octanol–water partition coefficient (Wildman–Crippen LogP) is 0.620. The molecule has 6 heteroatoms. The fraction of sp³-hybridized carbons (Fsp3) is 0.588. The van der Waals surface area contributed by atoms with Crippen LogP contribution in [0.1, 0.15) is 5.56 Å². The highest BCUT2D eigenvalue weighted by atomic mass is 19.1. The third kappa shape index (κ3) is 5.57. The van der Waals surface area contributed by atoms with E-state index >= 15 is 0 Å². The number of nitrogens with one attached hydrogen (secondary N) is 1. The zero-order chi connectivity index (χ0) is 16.8. The molecule has 23 heavy (non-hydrogen) atoms. The molecule has 1 N–H and O–H groups in total. The molecular formula is C17H27FN4O. The van der Waals surface area contributed by atoms with Gasteiger partial charge in [-0.2, -0.15) is 0 Å². The molecule has 0 radical (unpaired) electrons. The molecule has 2 rings (SSSR count). The molecule has 1 aromatic rings. The third-order valence-electron chi connectivity index (χ3n) is 4.33. The lowest BCUT2D eigenvalue weighted by Gasteiger charge is -2.37. The summed E-state index contributed by atoms with van der Waals surface area (Å²) in [6.45, 7) is 4.37. The van der Waals surface area contributed by atoms with Crippen molar-refractivity contribution >= 4 is 5.91 Å². The molecule has 0 bridgehead atoms. The zero-order valence-electron chi connectivity index (χ0n) is 14.3. The molecule has 1 aromatic carbocycles. The Kier molecular flexibility index (Phi) is 6.50. The maximum absolute atomic E-state index is 13.6. The smallest absolute Gasteiger partial charge is 0.234 e. The van der Waals surface area contributed by atoms with E-state index in [4.69, 9.17) is 0 Å². The highest BCUT2D eigenvalue weighted by Crippen LogP contribution is 2.08. The summed E-state index contributed by atoms with van der Waals surface area (Å²) in [6.07, 6.45) is 0. The fourth-order valence-corrected chi connectivity index (χ4v) is 2.83. The van der Waals surface area contributed by atoms with Gasteiger partial charge in [-0.15, -0.1) is 0 Å². The number of carbonyl (C=O) groups excluding carboxylic acids is 1. The van der Waals surface area contributed by atoms with Crippen LogP contribution in [-0.2, 0) is 11.3 Å². The fourth-order valence-electron chi connectivity index (χ4n) is 2.83. The topological polar surface area (TPSA) is 38.8 Å². The zero-order valence-corrected chi connectivity index (χ0v) is 14.3. The molecule has 0 spiro atoms. The normalized spacial score (nSPS) is 20.0. The largest absolute Gasteiger partial charge is 0.353 e. The van der Waals surface area contributed by atoms with E-state index in [1.165, 1.54) is 6.07 Å². The van der Waals surface area contributed by atoms with Crippen molar-refractivity contribution < 1.29 is 9.18 Å². The predicted molar refractivity (Wildman–Crippen MR) is 89.7 cm³/mol. The Balaban J connectivity index is 1.75. The lowest BCUT2D eigenvalue weighted by molar-refractivity contribution is -0.122. The van der Waals surface area contributed by atoms with Gasteiger partial charge in [-0.05, 0) is 27.2 Å². The van der Waals surface area contributed by atoms with Crippen molar-refractivity contribution in [3.63, 3.8) is 0 Å². The highest BCUT2D eigenvalue weighted by molar-refractivity contribution is 5.78. The van der Waals surface area contributed by atoms with Crippen molar-refractivity contribution in [2.24, 2.45) is 0 Å². The number of piperazine rings is 1. The molecule has 0 saturated carbocycles. The lowest BCUT2D eigenvalue weighted by Crippen LogP contribution is -2.54. The summed E-state index contributed by atoms with van der Waals surface area (Å²) in [7, 11) is 6.02. The van der Waals surface area contributed by atoms with Crippen LogP contribution >= 0.6 is 0 Å². The minimum atomic E-state index is -0.230. The van der Waals surface area contributed by atoms with Crippen molar-refractivity contribution in [2.75, 3.05) is 53.9 Å². The maximum Gasteiger partial charge on any atom is 0.234 e. The third-order valence-corrected chi connectivity index (χ3v) is 4.33. The second-order valence-electron chi connectivity index (χ2n) is 6.46. The first kappa shape index (κ1) is 17.8. The standard InChI is InChI=1S/C17H27FN4O/c1-20-8-9-22(3)15(12-20)10-19-17(23)13-21(2)11-14-6-4-5-7-16(14)18/h4-7,15H,8-13H2,1-3H3,(H,19,23)/t15-/m1/s1. The van der Waals surface area contributed by atoms with E-state index in [-0.39, 0.29) is 18.3 Å². The lowest BCUT2D eigenvalue weighted by atomic mass is 10.2. The summed E-state index contributed by atoms with van der Waals surface area (Å²) in [4.78, 5) is 18.5. The van der Waals surface area contributed by atoms with E-state index in [0.29, 0.717) is 24.7 Å². The van der Waals surface area contributed by atoms with Gasteiger partial charge < -0.3 is 10.2 Å². The van der Waals surface area contributed by atoms with Gasteiger partial charge in [0.2, 0.25) is 5.91 Å². The molecule has 1 atom stereocenters. The van der Waals surface area contributed by atoms with Gasteiger partial charge in [-0.1, -0.05) is 18.2 Å². The summed E-state index contributed by atoms with van der Waals surface area (Å²) in [5.41, 5.74) is 0.608. The number of halogens is 1. The highest BCUT2D eigenvalue weighted by Gasteiger charge is 2.22. The van der Waals surface area contributed by atoms with Crippen molar-refractivity contribution in [2.45, 2.75) is 12.6 Å². The molecule has 1 fully saturated rings. The van der Waals surface area contributed by atoms with Gasteiger partial charge in [0.25, 0.3) is 0 Å². The summed E-state index contributed by atoms with van der Waals surface area (Å²) >= 11 is 0. The summed E-state index contributed by atoms with van der Waals surface area (Å²) in [6, 6.07) is 7.01. The van der Waals surface area contributed by atoms with Crippen LogP contribution in [0.25, 0.3) is 0 Å². The second kappa shape index (κ2) is 8.38. The Hall–Kier alpha value is -1.50. The monoisotopic (exact) mass is 322 g/mol. The molecule has 128 valence electrons. The molecule has 1 saturated heterocycles. The summed E-state index contributed by atoms with van der Waals surface area (Å²) < 4.78 is 13.6. The number of hydrogen-bond donors (Lipinski definition) is 1. The quantitative estimate of drug-likeness (QED) is 0.833. The number of rotatable bonds is 6. The first-order chi connectivity index (χ1) is 11.0. The first-order valence-electron chi connectivity index (χ1n) is 8.03. The molecule has 0 unspecified atom stereocenters. The number of hydrogen-bond acceptors (Lipinski definition) is 4. The average Bonchev–Trinajstić information content (AvgIpc) is 2.50. The van der Waals surface area contributed by atoms with Crippen LogP contribution < -0.4 is 5.32 Å². The SMILES string of the molecule is CN(CC(=O)NC[C@@H]1CN(C)CCN1C)Cc1ccccc1F. The molecule has 1 aliphatic rings. The number of likely N-dealkylation sites (N-methyl/N-ethyl adjacent to an activating group) is 3. The molecule has 1 aliphatic heterocycles. The van der Waals surface area contributed by atoms with Crippen LogP contribution in [0, 0.1) is 5.82 Å². The van der Waals surface area contributed by atoms with Crippen molar-refractivity contribution in [3.8, 4) is 0 Å². The Bertz CT molecular complexity index is 525. The van der Waals surface area contributed by atoms with Crippen molar-refractivity contribution in [1.82, 2.24) is 20.0 Å². The van der Waals surface area contributed by atoms with E-state index in [2.05, 4.69) is 29.2 Å². The Morgan fingerprint density at radius 2 is 2.09 bits per heavy atom. The number of nitrogens with zero attached hydrogens (tertiary/aromatic N) is 3. The molecule has 1 heterocycles. The summed E-state index contributed by atoms with van der Waals surface area (Å²) in [5.74, 6) is -0.253. The minimum absolute atomic E-state index is 0.0227. The van der Waals surface area contributed by atoms with Gasteiger partial charge in [-0.3, -0.25) is 14.6 Å². The molecule has 5 nitrogen and oxygen atoms in total. The number of amides is 1. The van der Waals surface area contributed by atoms with Crippen LogP contribution in [-0.4, -0.2) is 80.5 Å².